The molecule has 0 saturated heterocycles. The highest BCUT2D eigenvalue weighted by Gasteiger charge is 2.31. The summed E-state index contributed by atoms with van der Waals surface area (Å²) in [6.07, 6.45) is 0. The molecule has 0 saturated carbocycles. The van der Waals surface area contributed by atoms with Crippen LogP contribution in [-0.2, 0) is 5.54 Å². The fourth-order valence-corrected chi connectivity index (χ4v) is 2.51. The number of benzene rings is 2. The lowest BCUT2D eigenvalue weighted by Crippen LogP contribution is -2.29. The molecule has 0 N–H and O–H groups in total. The maximum atomic E-state index is 5.91. The van der Waals surface area contributed by atoms with Crippen LogP contribution in [0.2, 0.25) is 0 Å². The van der Waals surface area contributed by atoms with Crippen LogP contribution in [-0.4, -0.2) is 20.0 Å². The molecule has 5 nitrogen and oxygen atoms in total. The molecule has 0 bridgehead atoms. The summed E-state index contributed by atoms with van der Waals surface area (Å²) in [7, 11) is 0. The first-order valence-electron chi connectivity index (χ1n) is 6.83. The van der Waals surface area contributed by atoms with E-state index < -0.39 is 5.54 Å². The highest BCUT2D eigenvalue weighted by atomic mass is 16.4. The Bertz CT molecular complexity index is 902. The smallest absolute Gasteiger partial charge is 0.223 e. The van der Waals surface area contributed by atoms with Crippen LogP contribution in [0, 0.1) is 0 Å². The molecule has 0 aliphatic heterocycles. The van der Waals surface area contributed by atoms with Crippen molar-refractivity contribution in [3.8, 4) is 0 Å². The Balaban J connectivity index is 1.92. The number of oxazole rings is 1. The van der Waals surface area contributed by atoms with Crippen LogP contribution in [0.5, 0.6) is 0 Å². The van der Waals surface area contributed by atoms with Crippen LogP contribution in [0.25, 0.3) is 22.1 Å². The van der Waals surface area contributed by atoms with Gasteiger partial charge in [0, 0.05) is 0 Å². The first-order valence-corrected chi connectivity index (χ1v) is 6.83. The normalized spacial score (nSPS) is 12.3. The molecular formula is C16H14N4O. The maximum Gasteiger partial charge on any atom is 0.223 e. The largest absolute Gasteiger partial charge is 0.438 e. The van der Waals surface area contributed by atoms with Crippen molar-refractivity contribution in [1.82, 2.24) is 20.0 Å². The van der Waals surface area contributed by atoms with Crippen molar-refractivity contribution in [2.24, 2.45) is 0 Å². The predicted molar refractivity (Wildman–Crippen MR) is 80.0 cm³/mol. The second-order valence-electron chi connectivity index (χ2n) is 5.54. The summed E-state index contributed by atoms with van der Waals surface area (Å²) in [5.74, 6) is 0.624. The fraction of sp³-hybridized carbons (Fsp3) is 0.188. The Labute approximate surface area is 121 Å². The van der Waals surface area contributed by atoms with E-state index in [0.29, 0.717) is 5.89 Å². The number of hydrogen-bond acceptors (Lipinski definition) is 4. The zero-order chi connectivity index (χ0) is 14.4. The number of rotatable bonds is 2. The van der Waals surface area contributed by atoms with Gasteiger partial charge in [-0.15, -0.1) is 5.10 Å². The van der Waals surface area contributed by atoms with Gasteiger partial charge < -0.3 is 4.42 Å². The van der Waals surface area contributed by atoms with Crippen LogP contribution in [0.15, 0.2) is 52.9 Å². The van der Waals surface area contributed by atoms with E-state index in [1.807, 2.05) is 67.1 Å². The van der Waals surface area contributed by atoms with Crippen molar-refractivity contribution in [3.05, 3.63) is 54.4 Å². The molecule has 5 heteroatoms. The van der Waals surface area contributed by atoms with Crippen LogP contribution in [0.3, 0.4) is 0 Å². The zero-order valence-corrected chi connectivity index (χ0v) is 11.8. The van der Waals surface area contributed by atoms with E-state index in [2.05, 4.69) is 15.3 Å². The quantitative estimate of drug-likeness (QED) is 0.564. The molecule has 0 fully saturated rings. The Hall–Kier alpha value is -2.69. The topological polar surface area (TPSA) is 56.7 Å². The van der Waals surface area contributed by atoms with Gasteiger partial charge in [0.2, 0.25) is 5.89 Å². The highest BCUT2D eigenvalue weighted by Crippen LogP contribution is 2.29. The van der Waals surface area contributed by atoms with E-state index in [9.17, 15) is 0 Å². The van der Waals surface area contributed by atoms with Crippen molar-refractivity contribution in [2.45, 2.75) is 19.4 Å². The summed E-state index contributed by atoms with van der Waals surface area (Å²) in [4.78, 5) is 4.59. The molecule has 104 valence electrons. The molecular weight excluding hydrogens is 264 g/mol. The zero-order valence-electron chi connectivity index (χ0n) is 11.8. The Morgan fingerprint density at radius 3 is 2.48 bits per heavy atom. The third-order valence-electron chi connectivity index (χ3n) is 3.70. The van der Waals surface area contributed by atoms with Gasteiger partial charge in [0.1, 0.15) is 16.6 Å². The number of nitrogens with zero attached hydrogens (tertiary/aromatic N) is 4. The molecule has 0 aliphatic carbocycles. The second kappa shape index (κ2) is 4.15. The van der Waals surface area contributed by atoms with E-state index in [0.717, 1.165) is 22.1 Å². The Morgan fingerprint density at radius 1 is 0.952 bits per heavy atom. The lowest BCUT2D eigenvalue weighted by Gasteiger charge is -2.21. The third-order valence-corrected chi connectivity index (χ3v) is 3.70. The SMILES string of the molecule is CC(C)(c1nc2ccccc2o1)n1nnc2ccccc21. The fourth-order valence-electron chi connectivity index (χ4n) is 2.51. The average molecular weight is 278 g/mol. The van der Waals surface area contributed by atoms with Gasteiger partial charge in [-0.2, -0.15) is 0 Å². The molecule has 4 aromatic rings. The van der Waals surface area contributed by atoms with Gasteiger partial charge in [0.15, 0.2) is 5.58 Å². The molecule has 0 spiro atoms. The van der Waals surface area contributed by atoms with Crippen LogP contribution in [0.4, 0.5) is 0 Å². The lowest BCUT2D eigenvalue weighted by molar-refractivity contribution is 0.309. The first kappa shape index (κ1) is 12.1. The molecule has 0 radical (unpaired) electrons. The molecule has 2 heterocycles. The van der Waals surface area contributed by atoms with Gasteiger partial charge in [-0.25, -0.2) is 9.67 Å². The van der Waals surface area contributed by atoms with Gasteiger partial charge in [0.05, 0.1) is 5.52 Å². The maximum absolute atomic E-state index is 5.91. The lowest BCUT2D eigenvalue weighted by atomic mass is 10.1. The van der Waals surface area contributed by atoms with Crippen molar-refractivity contribution in [3.63, 3.8) is 0 Å². The molecule has 2 aromatic heterocycles. The van der Waals surface area contributed by atoms with E-state index in [4.69, 9.17) is 4.42 Å². The molecule has 0 unspecified atom stereocenters. The summed E-state index contributed by atoms with van der Waals surface area (Å²) < 4.78 is 7.76. The molecule has 4 rings (SSSR count). The molecule has 0 aliphatic rings. The second-order valence-corrected chi connectivity index (χ2v) is 5.54. The molecule has 0 atom stereocenters. The van der Waals surface area contributed by atoms with Crippen LogP contribution < -0.4 is 0 Å². The number of fused-ring (bicyclic) bond motifs is 2. The summed E-state index contributed by atoms with van der Waals surface area (Å²) in [5.41, 5.74) is 2.94. The highest BCUT2D eigenvalue weighted by molar-refractivity contribution is 5.75. The molecule has 2 aromatic carbocycles. The summed E-state index contributed by atoms with van der Waals surface area (Å²) >= 11 is 0. The summed E-state index contributed by atoms with van der Waals surface area (Å²) in [6.45, 7) is 4.05. The van der Waals surface area contributed by atoms with E-state index in [-0.39, 0.29) is 0 Å². The number of hydrogen-bond donors (Lipinski definition) is 0. The van der Waals surface area contributed by atoms with Crippen molar-refractivity contribution in [1.29, 1.82) is 0 Å². The van der Waals surface area contributed by atoms with Gasteiger partial charge in [-0.3, -0.25) is 0 Å². The first-order chi connectivity index (χ1) is 10.2. The Morgan fingerprint density at radius 2 is 1.67 bits per heavy atom. The van der Waals surface area contributed by atoms with Gasteiger partial charge >= 0.3 is 0 Å². The Kier molecular flexibility index (Phi) is 2.39. The van der Waals surface area contributed by atoms with E-state index in [1.54, 1.807) is 0 Å². The standard InChI is InChI=1S/C16H14N4O/c1-16(2,15-17-12-8-4-6-10-14(12)21-15)20-13-9-5-3-7-11(13)18-19-20/h3-10H,1-2H3. The van der Waals surface area contributed by atoms with E-state index in [1.165, 1.54) is 0 Å². The minimum atomic E-state index is -0.519. The van der Waals surface area contributed by atoms with Crippen LogP contribution in [0.1, 0.15) is 19.7 Å². The van der Waals surface area contributed by atoms with Gasteiger partial charge in [-0.05, 0) is 38.1 Å². The van der Waals surface area contributed by atoms with Gasteiger partial charge in [0.25, 0.3) is 0 Å². The third kappa shape index (κ3) is 1.74. The summed E-state index contributed by atoms with van der Waals surface area (Å²) in [6, 6.07) is 15.6. The van der Waals surface area contributed by atoms with Gasteiger partial charge in [-0.1, -0.05) is 29.5 Å². The minimum Gasteiger partial charge on any atom is -0.438 e. The number of aromatic nitrogens is 4. The minimum absolute atomic E-state index is 0.519. The molecule has 0 amide bonds. The molecule has 21 heavy (non-hydrogen) atoms. The average Bonchev–Trinajstić information content (AvgIpc) is 3.11. The van der Waals surface area contributed by atoms with E-state index >= 15 is 0 Å². The van der Waals surface area contributed by atoms with Crippen molar-refractivity contribution in [2.75, 3.05) is 0 Å². The van der Waals surface area contributed by atoms with Crippen molar-refractivity contribution < 1.29 is 4.42 Å². The van der Waals surface area contributed by atoms with Crippen molar-refractivity contribution >= 4 is 22.1 Å². The predicted octanol–water partition coefficient (Wildman–Crippen LogP) is 3.36. The monoisotopic (exact) mass is 278 g/mol. The summed E-state index contributed by atoms with van der Waals surface area (Å²) in [5, 5.41) is 8.49. The number of para-hydroxylation sites is 3. The van der Waals surface area contributed by atoms with Crippen LogP contribution >= 0.6 is 0 Å².